The van der Waals surface area contributed by atoms with Gasteiger partial charge in [0, 0.05) is 34.4 Å². The lowest BCUT2D eigenvalue weighted by molar-refractivity contribution is 0.333. The minimum Gasteiger partial charge on any atom is -0.492 e. The number of rotatable bonds is 6. The van der Waals surface area contributed by atoms with Crippen molar-refractivity contribution in [2.24, 2.45) is 0 Å². The van der Waals surface area contributed by atoms with Crippen LogP contribution in [0.3, 0.4) is 0 Å². The average molecular weight is 440 g/mol. The van der Waals surface area contributed by atoms with Gasteiger partial charge in [-0.2, -0.15) is 5.26 Å². The van der Waals surface area contributed by atoms with Gasteiger partial charge in [0.25, 0.3) is 0 Å². The Kier molecular flexibility index (Phi) is 5.32. The molecule has 2 heterocycles. The molecule has 0 fully saturated rings. The highest BCUT2D eigenvalue weighted by atomic mass is 35.5. The van der Waals surface area contributed by atoms with Crippen molar-refractivity contribution < 1.29 is 4.74 Å². The molecule has 0 saturated heterocycles. The van der Waals surface area contributed by atoms with Crippen LogP contribution < -0.4 is 10.1 Å². The van der Waals surface area contributed by atoms with Crippen LogP contribution in [0, 0.1) is 11.3 Å². The van der Waals surface area contributed by atoms with E-state index in [4.69, 9.17) is 21.6 Å². The maximum atomic E-state index is 9.05. The fourth-order valence-corrected chi connectivity index (χ4v) is 3.72. The summed E-state index contributed by atoms with van der Waals surface area (Å²) < 4.78 is 5.87. The molecular weight excluding hydrogens is 422 g/mol. The minimum absolute atomic E-state index is 0.512. The first-order chi connectivity index (χ1) is 15.7. The first kappa shape index (κ1) is 19.9. The maximum absolute atomic E-state index is 9.05. The topological polar surface area (TPSA) is 86.6 Å². The number of benzene rings is 3. The van der Waals surface area contributed by atoms with E-state index in [2.05, 4.69) is 26.3 Å². The van der Waals surface area contributed by atoms with E-state index < -0.39 is 0 Å². The standard InChI is InChI=1S/C25H18ClN5O/c26-18-4-7-20-21(9-10-28-23(20)14-18)29-11-12-32-19-5-2-17(3-6-19)25-30-22-8-1-16(15-27)13-24(22)31-25/h1-10,13-14H,11-12H2,(H,28,29)(H,30,31). The van der Waals surface area contributed by atoms with Crippen LogP contribution in [-0.2, 0) is 0 Å². The van der Waals surface area contributed by atoms with E-state index >= 15 is 0 Å². The molecule has 5 aromatic rings. The number of aromatic amines is 1. The van der Waals surface area contributed by atoms with Crippen LogP contribution >= 0.6 is 11.6 Å². The molecule has 3 aromatic carbocycles. The van der Waals surface area contributed by atoms with Crippen LogP contribution in [0.4, 0.5) is 5.69 Å². The fourth-order valence-electron chi connectivity index (χ4n) is 3.55. The molecule has 6 nitrogen and oxygen atoms in total. The first-order valence-corrected chi connectivity index (χ1v) is 10.5. The average Bonchev–Trinajstić information content (AvgIpc) is 3.25. The van der Waals surface area contributed by atoms with Crippen LogP contribution in [-0.4, -0.2) is 28.1 Å². The molecule has 5 rings (SSSR count). The second-order valence-corrected chi connectivity index (χ2v) is 7.69. The lowest BCUT2D eigenvalue weighted by Crippen LogP contribution is -2.11. The number of fused-ring (bicyclic) bond motifs is 2. The van der Waals surface area contributed by atoms with E-state index in [0.29, 0.717) is 23.7 Å². The lowest BCUT2D eigenvalue weighted by atomic mass is 10.2. The zero-order valence-electron chi connectivity index (χ0n) is 17.0. The van der Waals surface area contributed by atoms with Crippen molar-refractivity contribution in [1.82, 2.24) is 15.0 Å². The highest BCUT2D eigenvalue weighted by molar-refractivity contribution is 6.31. The molecule has 0 aliphatic heterocycles. The van der Waals surface area contributed by atoms with Gasteiger partial charge in [0.2, 0.25) is 0 Å². The van der Waals surface area contributed by atoms with E-state index in [9.17, 15) is 0 Å². The van der Waals surface area contributed by atoms with Crippen molar-refractivity contribution in [3.63, 3.8) is 0 Å². The predicted molar refractivity (Wildman–Crippen MR) is 127 cm³/mol. The van der Waals surface area contributed by atoms with E-state index in [1.807, 2.05) is 54.6 Å². The van der Waals surface area contributed by atoms with Gasteiger partial charge in [0.15, 0.2) is 0 Å². The van der Waals surface area contributed by atoms with Crippen LogP contribution in [0.2, 0.25) is 5.02 Å². The van der Waals surface area contributed by atoms with Crippen molar-refractivity contribution >= 4 is 39.2 Å². The molecule has 0 saturated carbocycles. The first-order valence-electron chi connectivity index (χ1n) is 10.1. The maximum Gasteiger partial charge on any atom is 0.138 e. The molecule has 0 radical (unpaired) electrons. The van der Waals surface area contributed by atoms with Gasteiger partial charge in [-0.15, -0.1) is 0 Å². The monoisotopic (exact) mass is 439 g/mol. The number of hydrogen-bond acceptors (Lipinski definition) is 5. The number of aromatic nitrogens is 3. The molecule has 0 aliphatic carbocycles. The summed E-state index contributed by atoms with van der Waals surface area (Å²) in [5, 5.41) is 14.1. The Morgan fingerprint density at radius 1 is 1.00 bits per heavy atom. The third kappa shape index (κ3) is 4.07. The summed E-state index contributed by atoms with van der Waals surface area (Å²) in [5.74, 6) is 1.54. The lowest BCUT2D eigenvalue weighted by Gasteiger charge is -2.11. The zero-order valence-corrected chi connectivity index (χ0v) is 17.7. The third-order valence-corrected chi connectivity index (χ3v) is 5.36. The van der Waals surface area contributed by atoms with E-state index in [1.54, 1.807) is 18.3 Å². The summed E-state index contributed by atoms with van der Waals surface area (Å²) in [6, 6.07) is 23.0. The van der Waals surface area contributed by atoms with Gasteiger partial charge in [-0.3, -0.25) is 4.98 Å². The highest BCUT2D eigenvalue weighted by Gasteiger charge is 2.07. The van der Waals surface area contributed by atoms with E-state index in [1.165, 1.54) is 0 Å². The molecular formula is C25H18ClN5O. The number of ether oxygens (including phenoxy) is 1. The van der Waals surface area contributed by atoms with Crippen molar-refractivity contribution in [2.75, 3.05) is 18.5 Å². The van der Waals surface area contributed by atoms with Gasteiger partial charge in [-0.05, 0) is 66.7 Å². The summed E-state index contributed by atoms with van der Waals surface area (Å²) >= 11 is 6.05. The summed E-state index contributed by atoms with van der Waals surface area (Å²) in [4.78, 5) is 12.2. The number of imidazole rings is 1. The zero-order chi connectivity index (χ0) is 21.9. The molecule has 0 unspecified atom stereocenters. The van der Waals surface area contributed by atoms with Gasteiger partial charge >= 0.3 is 0 Å². The summed E-state index contributed by atoms with van der Waals surface area (Å²) in [6.45, 7) is 1.16. The SMILES string of the molecule is N#Cc1ccc2nc(-c3ccc(OCCNc4ccnc5cc(Cl)ccc45)cc3)[nH]c2c1. The molecule has 2 aromatic heterocycles. The van der Waals surface area contributed by atoms with Crippen LogP contribution in [0.25, 0.3) is 33.3 Å². The van der Waals surface area contributed by atoms with Crippen molar-refractivity contribution in [3.05, 3.63) is 83.5 Å². The van der Waals surface area contributed by atoms with Gasteiger partial charge < -0.3 is 15.0 Å². The van der Waals surface area contributed by atoms with Crippen molar-refractivity contribution in [3.8, 4) is 23.2 Å². The van der Waals surface area contributed by atoms with E-state index in [-0.39, 0.29) is 0 Å². The summed E-state index contributed by atoms with van der Waals surface area (Å²) in [5.41, 5.74) is 5.08. The number of H-pyrrole nitrogens is 1. The molecule has 156 valence electrons. The van der Waals surface area contributed by atoms with Gasteiger partial charge in [0.05, 0.1) is 28.2 Å². The van der Waals surface area contributed by atoms with Crippen LogP contribution in [0.1, 0.15) is 5.56 Å². The molecule has 0 aliphatic rings. The van der Waals surface area contributed by atoms with Crippen molar-refractivity contribution in [2.45, 2.75) is 0 Å². The fraction of sp³-hybridized carbons (Fsp3) is 0.0800. The number of hydrogen-bond donors (Lipinski definition) is 2. The van der Waals surface area contributed by atoms with Gasteiger partial charge in [0.1, 0.15) is 18.2 Å². The second kappa shape index (κ2) is 8.58. The molecule has 2 N–H and O–H groups in total. The highest BCUT2D eigenvalue weighted by Crippen LogP contribution is 2.25. The Hall–Kier alpha value is -4.08. The predicted octanol–water partition coefficient (Wildman–Crippen LogP) is 5.79. The normalized spacial score (nSPS) is 10.9. The molecule has 0 spiro atoms. The quantitative estimate of drug-likeness (QED) is 0.327. The number of pyridine rings is 1. The Morgan fingerprint density at radius 2 is 1.88 bits per heavy atom. The minimum atomic E-state index is 0.512. The number of anilines is 1. The Morgan fingerprint density at radius 3 is 2.72 bits per heavy atom. The Labute approximate surface area is 189 Å². The molecule has 0 amide bonds. The number of nitriles is 1. The number of halogens is 1. The van der Waals surface area contributed by atoms with Gasteiger partial charge in [-0.1, -0.05) is 11.6 Å². The van der Waals surface area contributed by atoms with E-state index in [0.717, 1.165) is 44.8 Å². The number of nitrogens with zero attached hydrogens (tertiary/aromatic N) is 3. The largest absolute Gasteiger partial charge is 0.492 e. The van der Waals surface area contributed by atoms with Gasteiger partial charge in [-0.25, -0.2) is 4.98 Å². The molecule has 7 heteroatoms. The Bertz CT molecular complexity index is 1450. The number of nitrogens with one attached hydrogen (secondary N) is 2. The molecule has 0 atom stereocenters. The summed E-state index contributed by atoms with van der Waals surface area (Å²) in [6.07, 6.45) is 1.76. The molecule has 32 heavy (non-hydrogen) atoms. The Balaban J connectivity index is 1.21. The van der Waals surface area contributed by atoms with Crippen LogP contribution in [0.5, 0.6) is 5.75 Å². The van der Waals surface area contributed by atoms with Crippen molar-refractivity contribution in [1.29, 1.82) is 5.26 Å². The third-order valence-electron chi connectivity index (χ3n) is 5.13. The smallest absolute Gasteiger partial charge is 0.138 e. The summed E-state index contributed by atoms with van der Waals surface area (Å²) in [7, 11) is 0. The second-order valence-electron chi connectivity index (χ2n) is 7.25. The molecule has 0 bridgehead atoms. The van der Waals surface area contributed by atoms with Crippen LogP contribution in [0.15, 0.2) is 72.9 Å².